The molecule has 122 valence electrons. The molecule has 0 saturated carbocycles. The second kappa shape index (κ2) is 5.98. The number of halogens is 1. The third kappa shape index (κ3) is 2.83. The molecule has 0 radical (unpaired) electrons. The number of carbonyl (C=O) groups is 2. The molecule has 1 aliphatic rings. The first-order valence-corrected chi connectivity index (χ1v) is 7.94. The van der Waals surface area contributed by atoms with Crippen molar-refractivity contribution in [2.45, 2.75) is 6.42 Å². The maximum absolute atomic E-state index is 12.9. The summed E-state index contributed by atoms with van der Waals surface area (Å²) in [6.07, 6.45) is 0.144. The molecule has 3 aromatic rings. The van der Waals surface area contributed by atoms with Crippen molar-refractivity contribution in [3.8, 4) is 11.1 Å². The Labute approximate surface area is 144 Å². The Morgan fingerprint density at radius 2 is 1.52 bits per heavy atom. The zero-order valence-electron chi connectivity index (χ0n) is 13.3. The van der Waals surface area contributed by atoms with Gasteiger partial charge in [-0.3, -0.25) is 9.59 Å². The number of rotatable bonds is 3. The number of hydrogen-bond acceptors (Lipinski definition) is 2. The van der Waals surface area contributed by atoms with Crippen LogP contribution in [0.25, 0.3) is 11.1 Å². The summed E-state index contributed by atoms with van der Waals surface area (Å²) in [5.74, 6) is -0.574. The monoisotopic (exact) mass is 331 g/mol. The molecule has 0 unspecified atom stereocenters. The van der Waals surface area contributed by atoms with Crippen molar-refractivity contribution in [3.63, 3.8) is 0 Å². The van der Waals surface area contributed by atoms with Crippen LogP contribution >= 0.6 is 0 Å². The quantitative estimate of drug-likeness (QED) is 0.611. The van der Waals surface area contributed by atoms with E-state index in [1.807, 2.05) is 30.3 Å². The van der Waals surface area contributed by atoms with Crippen LogP contribution in [0.3, 0.4) is 0 Å². The van der Waals surface area contributed by atoms with Crippen molar-refractivity contribution in [1.82, 2.24) is 0 Å². The Morgan fingerprint density at radius 1 is 0.840 bits per heavy atom. The molecule has 4 rings (SSSR count). The van der Waals surface area contributed by atoms with Gasteiger partial charge < -0.3 is 5.32 Å². The zero-order valence-corrected chi connectivity index (χ0v) is 13.3. The van der Waals surface area contributed by atoms with Crippen molar-refractivity contribution in [2.75, 3.05) is 5.32 Å². The van der Waals surface area contributed by atoms with E-state index >= 15 is 0 Å². The van der Waals surface area contributed by atoms with Crippen LogP contribution in [0.1, 0.15) is 21.5 Å². The van der Waals surface area contributed by atoms with Gasteiger partial charge in [0.1, 0.15) is 5.82 Å². The Hall–Kier alpha value is -3.27. The fourth-order valence-corrected chi connectivity index (χ4v) is 3.10. The van der Waals surface area contributed by atoms with E-state index in [4.69, 9.17) is 0 Å². The van der Waals surface area contributed by atoms with Gasteiger partial charge in [0.05, 0.1) is 6.42 Å². The second-order valence-corrected chi connectivity index (χ2v) is 5.99. The highest BCUT2D eigenvalue weighted by atomic mass is 19.1. The number of ketones is 1. The SMILES string of the molecule is O=C(Cc1ccc(F)cc1)Nc1ccc2c(c1)C(=O)c1ccccc1-2. The fourth-order valence-electron chi connectivity index (χ4n) is 3.10. The molecule has 25 heavy (non-hydrogen) atoms. The lowest BCUT2D eigenvalue weighted by Gasteiger charge is -2.07. The smallest absolute Gasteiger partial charge is 0.228 e. The average Bonchev–Trinajstić information content (AvgIpc) is 2.90. The van der Waals surface area contributed by atoms with E-state index in [1.54, 1.807) is 24.3 Å². The largest absolute Gasteiger partial charge is 0.326 e. The lowest BCUT2D eigenvalue weighted by Crippen LogP contribution is -2.14. The summed E-state index contributed by atoms with van der Waals surface area (Å²) in [7, 11) is 0. The van der Waals surface area contributed by atoms with Gasteiger partial charge in [-0.05, 0) is 41.0 Å². The van der Waals surface area contributed by atoms with Crippen LogP contribution in [0.5, 0.6) is 0 Å². The highest BCUT2D eigenvalue weighted by molar-refractivity contribution is 6.22. The van der Waals surface area contributed by atoms with Gasteiger partial charge in [0.2, 0.25) is 5.91 Å². The van der Waals surface area contributed by atoms with Crippen LogP contribution in [-0.4, -0.2) is 11.7 Å². The average molecular weight is 331 g/mol. The van der Waals surface area contributed by atoms with E-state index in [9.17, 15) is 14.0 Å². The number of anilines is 1. The lowest BCUT2D eigenvalue weighted by molar-refractivity contribution is -0.115. The molecule has 0 heterocycles. The van der Waals surface area contributed by atoms with Gasteiger partial charge >= 0.3 is 0 Å². The molecular formula is C21H14FNO2. The number of amides is 1. The summed E-state index contributed by atoms with van der Waals surface area (Å²) in [5, 5.41) is 2.80. The Morgan fingerprint density at radius 3 is 2.28 bits per heavy atom. The maximum Gasteiger partial charge on any atom is 0.228 e. The fraction of sp³-hybridized carbons (Fsp3) is 0.0476. The first-order chi connectivity index (χ1) is 12.1. The van der Waals surface area contributed by atoms with Crippen LogP contribution < -0.4 is 5.32 Å². The Kier molecular flexibility index (Phi) is 3.65. The summed E-state index contributed by atoms with van der Waals surface area (Å²) in [6, 6.07) is 18.6. The van der Waals surface area contributed by atoms with Gasteiger partial charge in [-0.2, -0.15) is 0 Å². The van der Waals surface area contributed by atoms with Crippen molar-refractivity contribution in [3.05, 3.63) is 89.2 Å². The molecule has 0 spiro atoms. The highest BCUT2D eigenvalue weighted by Crippen LogP contribution is 2.37. The van der Waals surface area contributed by atoms with Crippen LogP contribution in [-0.2, 0) is 11.2 Å². The Bertz CT molecular complexity index is 993. The number of hydrogen-bond donors (Lipinski definition) is 1. The predicted octanol–water partition coefficient (Wildman–Crippen LogP) is 4.22. The predicted molar refractivity (Wildman–Crippen MR) is 94.0 cm³/mol. The molecule has 1 amide bonds. The summed E-state index contributed by atoms with van der Waals surface area (Å²) in [5.41, 5.74) is 4.40. The van der Waals surface area contributed by atoms with Gasteiger partial charge in [0.15, 0.2) is 5.78 Å². The summed E-state index contributed by atoms with van der Waals surface area (Å²) in [4.78, 5) is 24.7. The van der Waals surface area contributed by atoms with Crippen molar-refractivity contribution >= 4 is 17.4 Å². The standard InChI is InChI=1S/C21H14FNO2/c22-14-7-5-13(6-8-14)11-20(24)23-15-9-10-17-16-3-1-2-4-18(16)21(25)19(17)12-15/h1-10,12H,11H2,(H,23,24). The first kappa shape index (κ1) is 15.3. The van der Waals surface area contributed by atoms with Crippen LogP contribution in [0.4, 0.5) is 10.1 Å². The summed E-state index contributed by atoms with van der Waals surface area (Å²) in [6.45, 7) is 0. The molecule has 0 fully saturated rings. The van der Waals surface area contributed by atoms with E-state index in [-0.39, 0.29) is 23.9 Å². The molecule has 1 aliphatic carbocycles. The molecule has 3 aromatic carbocycles. The second-order valence-electron chi connectivity index (χ2n) is 5.99. The minimum atomic E-state index is -0.333. The molecule has 3 nitrogen and oxygen atoms in total. The van der Waals surface area contributed by atoms with Crippen molar-refractivity contribution in [2.24, 2.45) is 0 Å². The van der Waals surface area contributed by atoms with E-state index in [2.05, 4.69) is 5.32 Å². The van der Waals surface area contributed by atoms with Crippen molar-refractivity contribution in [1.29, 1.82) is 0 Å². The van der Waals surface area contributed by atoms with Gasteiger partial charge in [-0.25, -0.2) is 4.39 Å². The summed E-state index contributed by atoms with van der Waals surface area (Å²) >= 11 is 0. The lowest BCUT2D eigenvalue weighted by atomic mass is 10.1. The van der Waals surface area contributed by atoms with Gasteiger partial charge in [-0.15, -0.1) is 0 Å². The number of fused-ring (bicyclic) bond motifs is 3. The van der Waals surface area contributed by atoms with E-state index in [0.29, 0.717) is 16.8 Å². The molecule has 4 heteroatoms. The molecule has 0 aromatic heterocycles. The molecule has 0 atom stereocenters. The molecule has 0 bridgehead atoms. The highest BCUT2D eigenvalue weighted by Gasteiger charge is 2.26. The molecular weight excluding hydrogens is 317 g/mol. The van der Waals surface area contributed by atoms with Crippen LogP contribution in [0, 0.1) is 5.82 Å². The molecule has 0 saturated heterocycles. The van der Waals surface area contributed by atoms with Gasteiger partial charge in [0.25, 0.3) is 0 Å². The minimum Gasteiger partial charge on any atom is -0.326 e. The first-order valence-electron chi connectivity index (χ1n) is 7.94. The third-order valence-corrected chi connectivity index (χ3v) is 4.29. The number of carbonyl (C=O) groups excluding carboxylic acids is 2. The minimum absolute atomic E-state index is 0.0276. The van der Waals surface area contributed by atoms with Crippen molar-refractivity contribution < 1.29 is 14.0 Å². The number of benzene rings is 3. The zero-order chi connectivity index (χ0) is 17.4. The third-order valence-electron chi connectivity index (χ3n) is 4.29. The maximum atomic E-state index is 12.9. The summed E-state index contributed by atoms with van der Waals surface area (Å²) < 4.78 is 12.9. The van der Waals surface area contributed by atoms with E-state index in [1.165, 1.54) is 12.1 Å². The molecule has 0 aliphatic heterocycles. The van der Waals surface area contributed by atoms with Crippen LogP contribution in [0.15, 0.2) is 66.7 Å². The van der Waals surface area contributed by atoms with E-state index in [0.717, 1.165) is 16.7 Å². The van der Waals surface area contributed by atoms with Gasteiger partial charge in [0, 0.05) is 16.8 Å². The van der Waals surface area contributed by atoms with Crippen LogP contribution in [0.2, 0.25) is 0 Å². The normalized spacial score (nSPS) is 11.8. The molecule has 1 N–H and O–H groups in total. The Balaban J connectivity index is 1.54. The van der Waals surface area contributed by atoms with Gasteiger partial charge in [-0.1, -0.05) is 42.5 Å². The topological polar surface area (TPSA) is 46.2 Å². The number of nitrogens with one attached hydrogen (secondary N) is 1. The van der Waals surface area contributed by atoms with E-state index < -0.39 is 0 Å².